The van der Waals surface area contributed by atoms with Gasteiger partial charge in [-0.1, -0.05) is 35.3 Å². The number of carbonyl (C=O) groups is 1. The normalized spacial score (nSPS) is 11.1. The highest BCUT2D eigenvalue weighted by molar-refractivity contribution is 6.42. The van der Waals surface area contributed by atoms with Crippen LogP contribution in [0.4, 0.5) is 0 Å². The molecule has 0 bridgehead atoms. The van der Waals surface area contributed by atoms with Crippen molar-refractivity contribution in [1.82, 2.24) is 15.3 Å². The molecule has 158 valence electrons. The van der Waals surface area contributed by atoms with E-state index < -0.39 is 0 Å². The topological polar surface area (TPSA) is 81.2 Å². The first-order valence-electron chi connectivity index (χ1n) is 9.71. The highest BCUT2D eigenvalue weighted by Crippen LogP contribution is 2.29. The molecular formula is C24H15Cl2N3O3. The van der Waals surface area contributed by atoms with Gasteiger partial charge in [0.15, 0.2) is 17.0 Å². The van der Waals surface area contributed by atoms with Gasteiger partial charge in [0.2, 0.25) is 5.89 Å². The molecule has 1 N–H and O–H groups in total. The molecule has 0 aliphatic carbocycles. The number of hydrogen-bond acceptors (Lipinski definition) is 5. The van der Waals surface area contributed by atoms with Crippen molar-refractivity contribution < 1.29 is 13.6 Å². The fraction of sp³-hybridized carbons (Fsp3) is 0.0417. The summed E-state index contributed by atoms with van der Waals surface area (Å²) in [5.74, 6) is 0.928. The van der Waals surface area contributed by atoms with Crippen LogP contribution < -0.4 is 5.32 Å². The van der Waals surface area contributed by atoms with Gasteiger partial charge in [-0.05, 0) is 60.2 Å². The van der Waals surface area contributed by atoms with E-state index in [9.17, 15) is 4.79 Å². The summed E-state index contributed by atoms with van der Waals surface area (Å²) in [4.78, 5) is 21.1. The zero-order valence-corrected chi connectivity index (χ0v) is 18.0. The maximum atomic E-state index is 12.5. The summed E-state index contributed by atoms with van der Waals surface area (Å²) < 4.78 is 11.4. The van der Waals surface area contributed by atoms with Gasteiger partial charge >= 0.3 is 0 Å². The van der Waals surface area contributed by atoms with Gasteiger partial charge in [-0.2, -0.15) is 4.98 Å². The number of pyridine rings is 1. The van der Waals surface area contributed by atoms with Crippen LogP contribution in [0.5, 0.6) is 0 Å². The van der Waals surface area contributed by atoms with Crippen molar-refractivity contribution in [3.8, 4) is 22.8 Å². The summed E-state index contributed by atoms with van der Waals surface area (Å²) in [5.41, 5.74) is 3.70. The summed E-state index contributed by atoms with van der Waals surface area (Å²) in [6.07, 6.45) is 1.67. The highest BCUT2D eigenvalue weighted by Gasteiger charge is 2.13. The number of nitrogens with zero attached hydrogens (tertiary/aromatic N) is 2. The number of amides is 1. The van der Waals surface area contributed by atoms with Gasteiger partial charge in [0.25, 0.3) is 5.91 Å². The van der Waals surface area contributed by atoms with Gasteiger partial charge < -0.3 is 14.2 Å². The lowest BCUT2D eigenvalue weighted by molar-refractivity contribution is 0.0924. The van der Waals surface area contributed by atoms with Crippen LogP contribution >= 0.6 is 23.2 Å². The van der Waals surface area contributed by atoms with Crippen LogP contribution in [0.25, 0.3) is 34.0 Å². The third-order valence-corrected chi connectivity index (χ3v) is 5.59. The summed E-state index contributed by atoms with van der Waals surface area (Å²) in [6, 6.07) is 19.7. The van der Waals surface area contributed by atoms with E-state index in [1.807, 2.05) is 30.3 Å². The molecule has 8 heteroatoms. The molecule has 3 aromatic heterocycles. The minimum atomic E-state index is -0.314. The van der Waals surface area contributed by atoms with Crippen molar-refractivity contribution in [3.05, 3.63) is 94.3 Å². The first kappa shape index (κ1) is 20.3. The number of furan rings is 1. The molecule has 0 spiro atoms. The Morgan fingerprint density at radius 2 is 1.72 bits per heavy atom. The number of benzene rings is 2. The molecule has 5 rings (SSSR count). The Hall–Kier alpha value is -3.61. The molecular weight excluding hydrogens is 449 g/mol. The lowest BCUT2D eigenvalue weighted by Crippen LogP contribution is -2.22. The fourth-order valence-corrected chi connectivity index (χ4v) is 3.49. The van der Waals surface area contributed by atoms with Crippen molar-refractivity contribution in [3.63, 3.8) is 0 Å². The number of oxazole rings is 1. The van der Waals surface area contributed by atoms with E-state index in [1.165, 1.54) is 0 Å². The number of hydrogen-bond donors (Lipinski definition) is 1. The number of carbonyl (C=O) groups excluding carboxylic acids is 1. The average Bonchev–Trinajstić information content (AvgIpc) is 3.47. The Morgan fingerprint density at radius 3 is 2.50 bits per heavy atom. The van der Waals surface area contributed by atoms with E-state index in [0.717, 1.165) is 16.7 Å². The predicted molar refractivity (Wildman–Crippen MR) is 123 cm³/mol. The first-order chi connectivity index (χ1) is 15.6. The second-order valence-corrected chi connectivity index (χ2v) is 7.83. The molecule has 0 unspecified atom stereocenters. The Labute approximate surface area is 192 Å². The molecule has 0 radical (unpaired) electrons. The van der Waals surface area contributed by atoms with Gasteiger partial charge in [0.05, 0.1) is 10.0 Å². The van der Waals surface area contributed by atoms with E-state index in [4.69, 9.17) is 32.0 Å². The molecule has 0 aliphatic rings. The fourth-order valence-electron chi connectivity index (χ4n) is 3.19. The lowest BCUT2D eigenvalue weighted by atomic mass is 10.1. The molecule has 1 amide bonds. The van der Waals surface area contributed by atoms with E-state index in [2.05, 4.69) is 15.3 Å². The maximum absolute atomic E-state index is 12.5. The average molecular weight is 464 g/mol. The van der Waals surface area contributed by atoms with Crippen molar-refractivity contribution in [1.29, 1.82) is 0 Å². The molecule has 0 aliphatic heterocycles. The lowest BCUT2D eigenvalue weighted by Gasteiger charge is -2.04. The third kappa shape index (κ3) is 4.10. The second-order valence-electron chi connectivity index (χ2n) is 7.02. The monoisotopic (exact) mass is 463 g/mol. The zero-order chi connectivity index (χ0) is 22.1. The minimum absolute atomic E-state index is 0.210. The van der Waals surface area contributed by atoms with E-state index in [0.29, 0.717) is 39.5 Å². The van der Waals surface area contributed by atoms with Gasteiger partial charge in [-0.3, -0.25) is 4.79 Å². The maximum Gasteiger partial charge on any atom is 0.287 e. The molecule has 0 saturated carbocycles. The molecule has 6 nitrogen and oxygen atoms in total. The number of fused-ring (bicyclic) bond motifs is 1. The highest BCUT2D eigenvalue weighted by atomic mass is 35.5. The summed E-state index contributed by atoms with van der Waals surface area (Å²) >= 11 is 12.0. The third-order valence-electron chi connectivity index (χ3n) is 4.85. The summed E-state index contributed by atoms with van der Waals surface area (Å²) in [5, 5.41) is 3.73. The zero-order valence-electron chi connectivity index (χ0n) is 16.5. The summed E-state index contributed by atoms with van der Waals surface area (Å²) in [7, 11) is 0. The minimum Gasteiger partial charge on any atom is -0.451 e. The van der Waals surface area contributed by atoms with Gasteiger partial charge in [0, 0.05) is 23.9 Å². The SMILES string of the molecule is O=C(NCc1ccc(-c2nc3ncccc3o2)cc1)c1ccc(-c2ccc(Cl)c(Cl)c2)o1. The van der Waals surface area contributed by atoms with Crippen LogP contribution in [0.1, 0.15) is 16.1 Å². The van der Waals surface area contributed by atoms with Gasteiger partial charge in [-0.15, -0.1) is 0 Å². The van der Waals surface area contributed by atoms with Crippen LogP contribution in [0.2, 0.25) is 10.0 Å². The molecule has 3 heterocycles. The molecule has 0 saturated heterocycles. The van der Waals surface area contributed by atoms with Crippen LogP contribution in [-0.2, 0) is 6.54 Å². The number of nitrogens with one attached hydrogen (secondary N) is 1. The number of halogens is 2. The predicted octanol–water partition coefficient (Wildman–Crippen LogP) is 6.39. The van der Waals surface area contributed by atoms with Crippen LogP contribution in [0.3, 0.4) is 0 Å². The van der Waals surface area contributed by atoms with E-state index in [-0.39, 0.29) is 11.7 Å². The first-order valence-corrected chi connectivity index (χ1v) is 10.5. The Bertz CT molecular complexity index is 1390. The molecule has 2 aromatic carbocycles. The van der Waals surface area contributed by atoms with Crippen LogP contribution in [0.15, 0.2) is 81.8 Å². The largest absolute Gasteiger partial charge is 0.451 e. The van der Waals surface area contributed by atoms with Gasteiger partial charge in [-0.25, -0.2) is 4.98 Å². The quantitative estimate of drug-likeness (QED) is 0.326. The Kier molecular flexibility index (Phi) is 5.39. The van der Waals surface area contributed by atoms with Gasteiger partial charge in [0.1, 0.15) is 5.76 Å². The van der Waals surface area contributed by atoms with E-state index >= 15 is 0 Å². The second kappa shape index (κ2) is 8.49. The van der Waals surface area contributed by atoms with Crippen molar-refractivity contribution >= 4 is 40.3 Å². The van der Waals surface area contributed by atoms with Crippen molar-refractivity contribution in [2.75, 3.05) is 0 Å². The van der Waals surface area contributed by atoms with Crippen LogP contribution in [0, 0.1) is 0 Å². The standard InChI is InChI=1S/C24H15Cl2N3O3/c25-17-8-7-16(12-18(17)26)19-9-10-21(31-19)23(30)28-13-14-3-5-15(6-4-14)24-29-22-20(32-24)2-1-11-27-22/h1-12H,13H2,(H,28,30). The smallest absolute Gasteiger partial charge is 0.287 e. The van der Waals surface area contributed by atoms with Crippen LogP contribution in [-0.4, -0.2) is 15.9 Å². The van der Waals surface area contributed by atoms with Crippen molar-refractivity contribution in [2.45, 2.75) is 6.54 Å². The molecule has 32 heavy (non-hydrogen) atoms. The molecule has 0 fully saturated rings. The number of rotatable bonds is 5. The number of aromatic nitrogens is 2. The van der Waals surface area contributed by atoms with E-state index in [1.54, 1.807) is 42.6 Å². The Morgan fingerprint density at radius 1 is 0.906 bits per heavy atom. The van der Waals surface area contributed by atoms with Crippen molar-refractivity contribution in [2.24, 2.45) is 0 Å². The molecule has 0 atom stereocenters. The Balaban J connectivity index is 1.24. The summed E-state index contributed by atoms with van der Waals surface area (Å²) in [6.45, 7) is 0.344. The molecule has 5 aromatic rings.